The summed E-state index contributed by atoms with van der Waals surface area (Å²) in [4.78, 5) is 4.33. The minimum absolute atomic E-state index is 0.287. The molecule has 1 aliphatic carbocycles. The number of hydrogen-bond acceptors (Lipinski definition) is 4. The second-order valence-electron chi connectivity index (χ2n) is 6.45. The number of hydrogen-bond donors (Lipinski definition) is 2. The first-order chi connectivity index (χ1) is 11.0. The third-order valence-electron chi connectivity index (χ3n) is 4.64. The average Bonchev–Trinajstić information content (AvgIpc) is 2.78. The van der Waals surface area contributed by atoms with Crippen molar-refractivity contribution in [2.75, 3.05) is 6.54 Å². The van der Waals surface area contributed by atoms with Gasteiger partial charge in [0.2, 0.25) is 10.0 Å². The number of benzene rings is 1. The molecule has 3 N–H and O–H groups in total. The minimum atomic E-state index is -3.59. The summed E-state index contributed by atoms with van der Waals surface area (Å²) in [7, 11) is -3.59. The topological polar surface area (TPSA) is 85.1 Å². The van der Waals surface area contributed by atoms with Crippen molar-refractivity contribution in [3.63, 3.8) is 0 Å². The maximum atomic E-state index is 12.7. The molecule has 5 nitrogen and oxygen atoms in total. The minimum Gasteiger partial charge on any atom is -0.324 e. The number of nitrogens with one attached hydrogen (secondary N) is 1. The van der Waals surface area contributed by atoms with Gasteiger partial charge >= 0.3 is 0 Å². The standard InChI is InChI=1S/C17H23N3O2S/c18-17(9-3-1-2-4-10-17)13-20-23(21,22)16-7-5-6-14-12-19-11-8-15(14)16/h5-8,11-12,20H,1-4,9-10,13,18H2. The van der Waals surface area contributed by atoms with Crippen LogP contribution in [0.2, 0.25) is 0 Å². The Morgan fingerprint density at radius 3 is 2.61 bits per heavy atom. The molecule has 6 heteroatoms. The third kappa shape index (κ3) is 3.71. The van der Waals surface area contributed by atoms with Crippen LogP contribution >= 0.6 is 0 Å². The lowest BCUT2D eigenvalue weighted by Crippen LogP contribution is -2.49. The van der Waals surface area contributed by atoms with Crippen molar-refractivity contribution in [3.8, 4) is 0 Å². The Morgan fingerprint density at radius 2 is 1.87 bits per heavy atom. The fraction of sp³-hybridized carbons (Fsp3) is 0.471. The first-order valence-electron chi connectivity index (χ1n) is 8.12. The van der Waals surface area contributed by atoms with E-state index in [4.69, 9.17) is 5.73 Å². The smallest absolute Gasteiger partial charge is 0.241 e. The van der Waals surface area contributed by atoms with Gasteiger partial charge in [-0.2, -0.15) is 0 Å². The molecule has 2 aromatic rings. The Hall–Kier alpha value is -1.50. The lowest BCUT2D eigenvalue weighted by atomic mass is 9.92. The van der Waals surface area contributed by atoms with E-state index in [0.717, 1.165) is 31.1 Å². The predicted molar refractivity (Wildman–Crippen MR) is 91.6 cm³/mol. The Kier molecular flexibility index (Phi) is 4.66. The van der Waals surface area contributed by atoms with E-state index in [2.05, 4.69) is 9.71 Å². The highest BCUT2D eigenvalue weighted by molar-refractivity contribution is 7.89. The molecule has 0 aliphatic heterocycles. The lowest BCUT2D eigenvalue weighted by Gasteiger charge is -2.28. The third-order valence-corrected chi connectivity index (χ3v) is 6.10. The van der Waals surface area contributed by atoms with Crippen molar-refractivity contribution in [1.29, 1.82) is 0 Å². The normalized spacial score (nSPS) is 18.7. The van der Waals surface area contributed by atoms with Gasteiger partial charge in [0, 0.05) is 35.2 Å². The van der Waals surface area contributed by atoms with Crippen LogP contribution < -0.4 is 10.5 Å². The van der Waals surface area contributed by atoms with Gasteiger partial charge in [-0.1, -0.05) is 37.8 Å². The maximum Gasteiger partial charge on any atom is 0.241 e. The van der Waals surface area contributed by atoms with Gasteiger partial charge in [-0.25, -0.2) is 13.1 Å². The molecule has 1 saturated carbocycles. The summed E-state index contributed by atoms with van der Waals surface area (Å²) < 4.78 is 28.2. The predicted octanol–water partition coefficient (Wildman–Crippen LogP) is 2.56. The van der Waals surface area contributed by atoms with Gasteiger partial charge in [-0.3, -0.25) is 4.98 Å². The van der Waals surface area contributed by atoms with Crippen molar-refractivity contribution in [2.45, 2.75) is 49.0 Å². The number of pyridine rings is 1. The number of nitrogens with zero attached hydrogens (tertiary/aromatic N) is 1. The molecule has 0 bridgehead atoms. The van der Waals surface area contributed by atoms with E-state index in [0.29, 0.717) is 5.39 Å². The molecule has 1 fully saturated rings. The van der Waals surface area contributed by atoms with Crippen LogP contribution in [-0.4, -0.2) is 25.5 Å². The molecule has 1 aliphatic rings. The molecule has 3 rings (SSSR count). The summed E-state index contributed by atoms with van der Waals surface area (Å²) in [6.07, 6.45) is 9.52. The Labute approximate surface area is 137 Å². The number of aromatic nitrogens is 1. The summed E-state index contributed by atoms with van der Waals surface area (Å²) in [5, 5.41) is 1.49. The summed E-state index contributed by atoms with van der Waals surface area (Å²) in [5.74, 6) is 0. The fourth-order valence-corrected chi connectivity index (χ4v) is 4.62. The van der Waals surface area contributed by atoms with Gasteiger partial charge < -0.3 is 5.73 Å². The molecule has 0 radical (unpaired) electrons. The van der Waals surface area contributed by atoms with Gasteiger partial charge in [0.05, 0.1) is 4.90 Å². The van der Waals surface area contributed by atoms with Crippen LogP contribution in [0.4, 0.5) is 0 Å². The van der Waals surface area contributed by atoms with Crippen LogP contribution in [0, 0.1) is 0 Å². The highest BCUT2D eigenvalue weighted by Gasteiger charge is 2.28. The zero-order valence-electron chi connectivity index (χ0n) is 13.2. The van der Waals surface area contributed by atoms with E-state index < -0.39 is 15.6 Å². The molecular formula is C17H23N3O2S. The molecule has 0 saturated heterocycles. The number of sulfonamides is 1. The van der Waals surface area contributed by atoms with Crippen molar-refractivity contribution in [3.05, 3.63) is 36.7 Å². The van der Waals surface area contributed by atoms with Crippen molar-refractivity contribution >= 4 is 20.8 Å². The molecule has 0 amide bonds. The SMILES string of the molecule is NC1(CNS(=O)(=O)c2cccc3cnccc23)CCCCCC1. The lowest BCUT2D eigenvalue weighted by molar-refractivity contribution is 0.369. The zero-order chi connectivity index (χ0) is 16.3. The summed E-state index contributed by atoms with van der Waals surface area (Å²) in [6.45, 7) is 0.288. The zero-order valence-corrected chi connectivity index (χ0v) is 14.0. The van der Waals surface area contributed by atoms with Gasteiger partial charge in [0.1, 0.15) is 0 Å². The summed E-state index contributed by atoms with van der Waals surface area (Å²) >= 11 is 0. The number of fused-ring (bicyclic) bond motifs is 1. The molecular weight excluding hydrogens is 310 g/mol. The van der Waals surface area contributed by atoms with Gasteiger partial charge in [0.25, 0.3) is 0 Å². The summed E-state index contributed by atoms with van der Waals surface area (Å²) in [6, 6.07) is 6.95. The Morgan fingerprint density at radius 1 is 1.13 bits per heavy atom. The first kappa shape index (κ1) is 16.4. The highest BCUT2D eigenvalue weighted by Crippen LogP contribution is 2.26. The fourth-order valence-electron chi connectivity index (χ4n) is 3.25. The van der Waals surface area contributed by atoms with Crippen LogP contribution in [0.5, 0.6) is 0 Å². The molecule has 1 aromatic carbocycles. The van der Waals surface area contributed by atoms with E-state index in [1.165, 1.54) is 12.8 Å². The summed E-state index contributed by atoms with van der Waals surface area (Å²) in [5.41, 5.74) is 5.99. The Balaban J connectivity index is 1.83. The van der Waals surface area contributed by atoms with Crippen LogP contribution in [0.3, 0.4) is 0 Å². The molecule has 0 atom stereocenters. The molecule has 0 unspecified atom stereocenters. The second-order valence-corrected chi connectivity index (χ2v) is 8.19. The number of rotatable bonds is 4. The quantitative estimate of drug-likeness (QED) is 0.842. The average molecular weight is 333 g/mol. The largest absolute Gasteiger partial charge is 0.324 e. The van der Waals surface area contributed by atoms with Crippen LogP contribution in [0.25, 0.3) is 10.8 Å². The first-order valence-corrected chi connectivity index (χ1v) is 9.60. The van der Waals surface area contributed by atoms with Crippen molar-refractivity contribution in [2.24, 2.45) is 5.73 Å². The Bertz CT molecular complexity index is 776. The molecule has 1 aromatic heterocycles. The van der Waals surface area contributed by atoms with Crippen LogP contribution in [0.15, 0.2) is 41.6 Å². The van der Waals surface area contributed by atoms with Gasteiger partial charge in [0.15, 0.2) is 0 Å². The highest BCUT2D eigenvalue weighted by atomic mass is 32.2. The van der Waals surface area contributed by atoms with Crippen LogP contribution in [-0.2, 0) is 10.0 Å². The van der Waals surface area contributed by atoms with E-state index in [1.807, 2.05) is 6.07 Å². The van der Waals surface area contributed by atoms with Gasteiger partial charge in [-0.15, -0.1) is 0 Å². The van der Waals surface area contributed by atoms with Gasteiger partial charge in [-0.05, 0) is 25.0 Å². The molecule has 0 spiro atoms. The van der Waals surface area contributed by atoms with Crippen molar-refractivity contribution in [1.82, 2.24) is 9.71 Å². The number of nitrogens with two attached hydrogens (primary N) is 1. The van der Waals surface area contributed by atoms with Crippen molar-refractivity contribution < 1.29 is 8.42 Å². The van der Waals surface area contributed by atoms with Crippen LogP contribution in [0.1, 0.15) is 38.5 Å². The second kappa shape index (κ2) is 6.55. The van der Waals surface area contributed by atoms with E-state index in [9.17, 15) is 8.42 Å². The van der Waals surface area contributed by atoms with E-state index in [1.54, 1.807) is 30.6 Å². The molecule has 1 heterocycles. The monoisotopic (exact) mass is 333 g/mol. The molecule has 23 heavy (non-hydrogen) atoms. The maximum absolute atomic E-state index is 12.7. The molecule has 124 valence electrons. The van der Waals surface area contributed by atoms with E-state index >= 15 is 0 Å². The van der Waals surface area contributed by atoms with E-state index in [-0.39, 0.29) is 11.4 Å².